The van der Waals surface area contributed by atoms with Crippen LogP contribution >= 0.6 is 0 Å². The van der Waals surface area contributed by atoms with Crippen LogP contribution in [0.25, 0.3) is 11.1 Å². The summed E-state index contributed by atoms with van der Waals surface area (Å²) in [6, 6.07) is 3.69. The Hall–Kier alpha value is -2.30. The Kier molecular flexibility index (Phi) is 3.09. The van der Waals surface area contributed by atoms with E-state index in [2.05, 4.69) is 9.97 Å². The fourth-order valence-electron chi connectivity index (χ4n) is 1.64. The molecule has 0 aliphatic carbocycles. The number of hydrogen-bond acceptors (Lipinski definition) is 5. The van der Waals surface area contributed by atoms with Crippen LogP contribution in [0.15, 0.2) is 30.7 Å². The minimum absolute atomic E-state index is 0.397. The predicted octanol–water partition coefficient (Wildman–Crippen LogP) is 1.74. The first-order valence-corrected chi connectivity index (χ1v) is 5.04. The van der Waals surface area contributed by atoms with Crippen molar-refractivity contribution in [2.45, 2.75) is 0 Å². The van der Waals surface area contributed by atoms with Gasteiger partial charge in [0.15, 0.2) is 11.5 Å². The van der Waals surface area contributed by atoms with Crippen LogP contribution in [-0.4, -0.2) is 24.2 Å². The molecule has 2 aromatic rings. The third-order valence-corrected chi connectivity index (χ3v) is 2.42. The van der Waals surface area contributed by atoms with Gasteiger partial charge in [0.25, 0.3) is 0 Å². The summed E-state index contributed by atoms with van der Waals surface area (Å²) in [6.45, 7) is 0. The molecular weight excluding hydrogens is 218 g/mol. The minimum Gasteiger partial charge on any atom is -0.492 e. The van der Waals surface area contributed by atoms with Crippen molar-refractivity contribution < 1.29 is 9.47 Å². The van der Waals surface area contributed by atoms with Gasteiger partial charge in [-0.3, -0.25) is 4.98 Å². The highest BCUT2D eigenvalue weighted by atomic mass is 16.5. The molecule has 0 fully saturated rings. The average molecular weight is 231 g/mol. The maximum Gasteiger partial charge on any atom is 0.179 e. The smallest absolute Gasteiger partial charge is 0.179 e. The zero-order valence-electron chi connectivity index (χ0n) is 9.68. The largest absolute Gasteiger partial charge is 0.492 e. The monoisotopic (exact) mass is 231 g/mol. The quantitative estimate of drug-likeness (QED) is 0.871. The lowest BCUT2D eigenvalue weighted by Crippen LogP contribution is -2.00. The number of methoxy groups -OCH3 is 2. The van der Waals surface area contributed by atoms with Gasteiger partial charge in [0.2, 0.25) is 0 Å². The van der Waals surface area contributed by atoms with E-state index >= 15 is 0 Å². The predicted molar refractivity (Wildman–Crippen MR) is 65.0 cm³/mol. The van der Waals surface area contributed by atoms with E-state index in [0.29, 0.717) is 22.9 Å². The molecule has 0 saturated heterocycles. The van der Waals surface area contributed by atoms with E-state index in [1.54, 1.807) is 32.8 Å². The summed E-state index contributed by atoms with van der Waals surface area (Å²) in [5.74, 6) is 1.52. The molecule has 0 radical (unpaired) electrons. The zero-order valence-corrected chi connectivity index (χ0v) is 9.68. The number of hydrogen-bond donors (Lipinski definition) is 1. The van der Waals surface area contributed by atoms with E-state index in [0.717, 1.165) is 5.56 Å². The van der Waals surface area contributed by atoms with Gasteiger partial charge in [-0.2, -0.15) is 0 Å². The number of nitrogens with two attached hydrogens (primary N) is 1. The molecule has 2 N–H and O–H groups in total. The second-order valence-electron chi connectivity index (χ2n) is 3.36. The van der Waals surface area contributed by atoms with Crippen molar-refractivity contribution in [3.63, 3.8) is 0 Å². The first kappa shape index (κ1) is 11.2. The van der Waals surface area contributed by atoms with Gasteiger partial charge in [-0.05, 0) is 17.7 Å². The SMILES string of the molecule is COc1cnc(N)c(-c2ccncc2)c1OC. The number of ether oxygens (including phenoxy) is 2. The van der Waals surface area contributed by atoms with Gasteiger partial charge in [0.1, 0.15) is 5.82 Å². The highest BCUT2D eigenvalue weighted by Crippen LogP contribution is 2.40. The molecule has 0 saturated carbocycles. The molecule has 2 heterocycles. The summed E-state index contributed by atoms with van der Waals surface area (Å²) in [7, 11) is 3.13. The molecule has 0 amide bonds. The minimum atomic E-state index is 0.397. The summed E-state index contributed by atoms with van der Waals surface area (Å²) >= 11 is 0. The van der Waals surface area contributed by atoms with Crippen LogP contribution in [0, 0.1) is 0 Å². The van der Waals surface area contributed by atoms with Crippen LogP contribution in [0.4, 0.5) is 5.82 Å². The number of nitrogen functional groups attached to an aromatic ring is 1. The van der Waals surface area contributed by atoms with E-state index in [4.69, 9.17) is 15.2 Å². The van der Waals surface area contributed by atoms with Crippen molar-refractivity contribution in [2.75, 3.05) is 20.0 Å². The highest BCUT2D eigenvalue weighted by Gasteiger charge is 2.16. The highest BCUT2D eigenvalue weighted by molar-refractivity contribution is 5.81. The van der Waals surface area contributed by atoms with Crippen LogP contribution < -0.4 is 15.2 Å². The second-order valence-corrected chi connectivity index (χ2v) is 3.36. The molecule has 0 aromatic carbocycles. The van der Waals surface area contributed by atoms with Crippen molar-refractivity contribution >= 4 is 5.82 Å². The third-order valence-electron chi connectivity index (χ3n) is 2.42. The molecule has 5 heteroatoms. The summed E-state index contributed by atoms with van der Waals surface area (Å²) in [5, 5.41) is 0. The number of anilines is 1. The van der Waals surface area contributed by atoms with Crippen molar-refractivity contribution in [1.29, 1.82) is 0 Å². The van der Waals surface area contributed by atoms with Crippen molar-refractivity contribution in [2.24, 2.45) is 0 Å². The molecule has 2 rings (SSSR count). The number of nitrogens with zero attached hydrogens (tertiary/aromatic N) is 2. The van der Waals surface area contributed by atoms with Crippen LogP contribution in [-0.2, 0) is 0 Å². The maximum atomic E-state index is 5.89. The normalized spacial score (nSPS) is 10.0. The van der Waals surface area contributed by atoms with Gasteiger partial charge in [-0.1, -0.05) is 0 Å². The number of rotatable bonds is 3. The first-order valence-electron chi connectivity index (χ1n) is 5.04. The standard InChI is InChI=1S/C12H13N3O2/c1-16-9-7-15-12(13)10(11(9)17-2)8-3-5-14-6-4-8/h3-7H,1-2H3,(H2,13,15). The van der Waals surface area contributed by atoms with Gasteiger partial charge < -0.3 is 15.2 Å². The Morgan fingerprint density at radius 1 is 1.12 bits per heavy atom. The fraction of sp³-hybridized carbons (Fsp3) is 0.167. The van der Waals surface area contributed by atoms with Crippen LogP contribution in [0.3, 0.4) is 0 Å². The maximum absolute atomic E-state index is 5.89. The van der Waals surface area contributed by atoms with Crippen LogP contribution in [0.5, 0.6) is 11.5 Å². The lowest BCUT2D eigenvalue weighted by Gasteiger charge is -2.13. The summed E-state index contributed by atoms with van der Waals surface area (Å²) in [6.07, 6.45) is 4.92. The van der Waals surface area contributed by atoms with Crippen molar-refractivity contribution in [3.8, 4) is 22.6 Å². The molecule has 17 heavy (non-hydrogen) atoms. The van der Waals surface area contributed by atoms with Gasteiger partial charge in [-0.25, -0.2) is 4.98 Å². The molecule has 0 atom stereocenters. The molecule has 0 spiro atoms. The van der Waals surface area contributed by atoms with E-state index in [1.807, 2.05) is 12.1 Å². The van der Waals surface area contributed by atoms with E-state index in [-0.39, 0.29) is 0 Å². The van der Waals surface area contributed by atoms with Crippen LogP contribution in [0.1, 0.15) is 0 Å². The van der Waals surface area contributed by atoms with E-state index in [1.165, 1.54) is 0 Å². The zero-order chi connectivity index (χ0) is 12.3. The van der Waals surface area contributed by atoms with Crippen LogP contribution in [0.2, 0.25) is 0 Å². The van der Waals surface area contributed by atoms with Crippen molar-refractivity contribution in [1.82, 2.24) is 9.97 Å². The average Bonchev–Trinajstić information content (AvgIpc) is 2.39. The Bertz CT molecular complexity index is 515. The molecule has 0 bridgehead atoms. The molecule has 0 aliphatic rings. The van der Waals surface area contributed by atoms with E-state index < -0.39 is 0 Å². The lowest BCUT2D eigenvalue weighted by molar-refractivity contribution is 0.355. The Labute approximate surface area is 99.2 Å². The summed E-state index contributed by atoms with van der Waals surface area (Å²) in [5.41, 5.74) is 7.49. The molecule has 2 aromatic heterocycles. The topological polar surface area (TPSA) is 70.3 Å². The summed E-state index contributed by atoms with van der Waals surface area (Å²) in [4.78, 5) is 8.05. The fourth-order valence-corrected chi connectivity index (χ4v) is 1.64. The molecule has 0 unspecified atom stereocenters. The molecular formula is C12H13N3O2. The molecule has 88 valence electrons. The Balaban J connectivity index is 2.67. The lowest BCUT2D eigenvalue weighted by atomic mass is 10.1. The van der Waals surface area contributed by atoms with Crippen molar-refractivity contribution in [3.05, 3.63) is 30.7 Å². The third kappa shape index (κ3) is 1.99. The molecule has 0 aliphatic heterocycles. The summed E-state index contributed by atoms with van der Waals surface area (Å²) < 4.78 is 10.5. The second kappa shape index (κ2) is 4.69. The van der Waals surface area contributed by atoms with Gasteiger partial charge >= 0.3 is 0 Å². The number of aromatic nitrogens is 2. The first-order chi connectivity index (χ1) is 8.27. The van der Waals surface area contributed by atoms with E-state index in [9.17, 15) is 0 Å². The number of pyridine rings is 2. The Morgan fingerprint density at radius 3 is 2.41 bits per heavy atom. The molecule has 5 nitrogen and oxygen atoms in total. The van der Waals surface area contributed by atoms with Gasteiger partial charge in [0.05, 0.1) is 26.0 Å². The Morgan fingerprint density at radius 2 is 1.82 bits per heavy atom. The van der Waals surface area contributed by atoms with Gasteiger partial charge in [0, 0.05) is 12.4 Å². The van der Waals surface area contributed by atoms with Gasteiger partial charge in [-0.15, -0.1) is 0 Å².